The average Bonchev–Trinajstić information content (AvgIpc) is 2.72. The zero-order chi connectivity index (χ0) is 13.4. The molecular weight excluding hydrogens is 234 g/mol. The molecule has 0 amide bonds. The third-order valence-electron chi connectivity index (χ3n) is 3.72. The monoisotopic (exact) mass is 249 g/mol. The molecule has 0 aliphatic carbocycles. The van der Waals surface area contributed by atoms with E-state index in [-0.39, 0.29) is 6.17 Å². The van der Waals surface area contributed by atoms with Gasteiger partial charge in [-0.15, -0.1) is 0 Å². The molecule has 0 radical (unpaired) electrons. The SMILES string of the molecule is C[C@H]1N(C)c2cccc(C#N)c2N1c1ccccc1. The molecule has 0 saturated heterocycles. The van der Waals surface area contributed by atoms with Crippen molar-refractivity contribution in [2.24, 2.45) is 0 Å². The molecule has 1 aliphatic rings. The quantitative estimate of drug-likeness (QED) is 0.775. The standard InChI is InChI=1S/C16H15N3/c1-12-18(2)15-10-6-7-13(11-17)16(15)19(12)14-8-4-3-5-9-14/h3-10,12H,1-2H3/t12-/m0/s1. The lowest BCUT2D eigenvalue weighted by Crippen LogP contribution is -2.35. The Hall–Kier alpha value is -2.47. The van der Waals surface area contributed by atoms with Crippen LogP contribution in [0.25, 0.3) is 0 Å². The molecule has 3 heteroatoms. The van der Waals surface area contributed by atoms with Crippen molar-refractivity contribution in [2.75, 3.05) is 16.8 Å². The zero-order valence-electron chi connectivity index (χ0n) is 11.0. The zero-order valence-corrected chi connectivity index (χ0v) is 11.0. The molecule has 0 aromatic heterocycles. The van der Waals surface area contributed by atoms with E-state index in [1.807, 2.05) is 30.3 Å². The summed E-state index contributed by atoms with van der Waals surface area (Å²) in [6, 6.07) is 18.4. The van der Waals surface area contributed by atoms with Crippen molar-refractivity contribution in [3.8, 4) is 6.07 Å². The summed E-state index contributed by atoms with van der Waals surface area (Å²) < 4.78 is 0. The molecule has 0 saturated carbocycles. The van der Waals surface area contributed by atoms with E-state index < -0.39 is 0 Å². The first-order valence-electron chi connectivity index (χ1n) is 6.34. The van der Waals surface area contributed by atoms with Gasteiger partial charge in [0.15, 0.2) is 0 Å². The minimum absolute atomic E-state index is 0.201. The molecule has 2 aromatic carbocycles. The largest absolute Gasteiger partial charge is 0.352 e. The summed E-state index contributed by atoms with van der Waals surface area (Å²) in [5.41, 5.74) is 3.95. The highest BCUT2D eigenvalue weighted by atomic mass is 15.4. The lowest BCUT2D eigenvalue weighted by molar-refractivity contribution is 0.734. The van der Waals surface area contributed by atoms with E-state index in [1.165, 1.54) is 0 Å². The summed E-state index contributed by atoms with van der Waals surface area (Å²) in [4.78, 5) is 4.41. The molecule has 19 heavy (non-hydrogen) atoms. The number of nitrogens with zero attached hydrogens (tertiary/aromatic N) is 3. The lowest BCUT2D eigenvalue weighted by atomic mass is 10.1. The van der Waals surface area contributed by atoms with Gasteiger partial charge in [-0.2, -0.15) is 5.26 Å². The fraction of sp³-hybridized carbons (Fsp3) is 0.188. The lowest BCUT2D eigenvalue weighted by Gasteiger charge is -2.27. The van der Waals surface area contributed by atoms with Crippen LogP contribution in [-0.2, 0) is 0 Å². The molecule has 0 bridgehead atoms. The minimum Gasteiger partial charge on any atom is -0.352 e. The number of rotatable bonds is 1. The highest BCUT2D eigenvalue weighted by molar-refractivity contribution is 5.87. The number of benzene rings is 2. The van der Waals surface area contributed by atoms with E-state index in [1.54, 1.807) is 0 Å². The van der Waals surface area contributed by atoms with Gasteiger partial charge in [0.2, 0.25) is 0 Å². The van der Waals surface area contributed by atoms with Crippen LogP contribution < -0.4 is 9.80 Å². The highest BCUT2D eigenvalue weighted by Crippen LogP contribution is 2.44. The van der Waals surface area contributed by atoms with Crippen LogP contribution in [0.2, 0.25) is 0 Å². The first-order chi connectivity index (χ1) is 9.24. The molecule has 1 heterocycles. The number of hydrogen-bond acceptors (Lipinski definition) is 3. The average molecular weight is 249 g/mol. The van der Waals surface area contributed by atoms with Gasteiger partial charge < -0.3 is 9.80 Å². The fourth-order valence-corrected chi connectivity index (χ4v) is 2.65. The molecule has 0 N–H and O–H groups in total. The van der Waals surface area contributed by atoms with Crippen molar-refractivity contribution in [3.05, 3.63) is 54.1 Å². The summed E-state index contributed by atoms with van der Waals surface area (Å²) in [5.74, 6) is 0. The van der Waals surface area contributed by atoms with Crippen molar-refractivity contribution in [1.82, 2.24) is 0 Å². The van der Waals surface area contributed by atoms with Gasteiger partial charge in [-0.3, -0.25) is 0 Å². The fourth-order valence-electron chi connectivity index (χ4n) is 2.65. The van der Waals surface area contributed by atoms with Crippen LogP contribution in [0, 0.1) is 11.3 Å². The first-order valence-corrected chi connectivity index (χ1v) is 6.34. The molecule has 1 aliphatic heterocycles. The number of hydrogen-bond donors (Lipinski definition) is 0. The maximum absolute atomic E-state index is 9.34. The molecule has 3 rings (SSSR count). The highest BCUT2D eigenvalue weighted by Gasteiger charge is 2.33. The van der Waals surface area contributed by atoms with Gasteiger partial charge in [0.25, 0.3) is 0 Å². The molecule has 2 aromatic rings. The third kappa shape index (κ3) is 1.65. The second-order valence-corrected chi connectivity index (χ2v) is 4.73. The van der Waals surface area contributed by atoms with Crippen molar-refractivity contribution in [2.45, 2.75) is 13.1 Å². The van der Waals surface area contributed by atoms with E-state index >= 15 is 0 Å². The van der Waals surface area contributed by atoms with Crippen molar-refractivity contribution >= 4 is 17.1 Å². The van der Waals surface area contributed by atoms with Crippen molar-refractivity contribution in [3.63, 3.8) is 0 Å². The molecule has 0 unspecified atom stereocenters. The Kier molecular flexibility index (Phi) is 2.64. The Balaban J connectivity index is 2.22. The number of anilines is 3. The van der Waals surface area contributed by atoms with Gasteiger partial charge in [0.1, 0.15) is 12.2 Å². The van der Waals surface area contributed by atoms with Gasteiger partial charge >= 0.3 is 0 Å². The Bertz CT molecular complexity index is 643. The second kappa shape index (κ2) is 4.33. The summed E-state index contributed by atoms with van der Waals surface area (Å²) >= 11 is 0. The minimum atomic E-state index is 0.201. The van der Waals surface area contributed by atoms with Crippen LogP contribution in [0.15, 0.2) is 48.5 Å². The summed E-state index contributed by atoms with van der Waals surface area (Å²) in [6.07, 6.45) is 0.201. The smallest absolute Gasteiger partial charge is 0.103 e. The van der Waals surface area contributed by atoms with Gasteiger partial charge in [0, 0.05) is 12.7 Å². The Morgan fingerprint density at radius 1 is 1.05 bits per heavy atom. The topological polar surface area (TPSA) is 30.3 Å². The van der Waals surface area contributed by atoms with Crippen molar-refractivity contribution in [1.29, 1.82) is 5.26 Å². The molecule has 3 nitrogen and oxygen atoms in total. The molecule has 94 valence electrons. The second-order valence-electron chi connectivity index (χ2n) is 4.73. The third-order valence-corrected chi connectivity index (χ3v) is 3.72. The Labute approximate surface area is 113 Å². The maximum Gasteiger partial charge on any atom is 0.103 e. The van der Waals surface area contributed by atoms with Crippen LogP contribution in [-0.4, -0.2) is 13.2 Å². The van der Waals surface area contributed by atoms with Crippen LogP contribution in [0.1, 0.15) is 12.5 Å². The number of fused-ring (bicyclic) bond motifs is 1. The van der Waals surface area contributed by atoms with Crippen LogP contribution in [0.4, 0.5) is 17.1 Å². The van der Waals surface area contributed by atoms with Gasteiger partial charge in [-0.1, -0.05) is 24.3 Å². The van der Waals surface area contributed by atoms with E-state index in [0.717, 1.165) is 22.6 Å². The van der Waals surface area contributed by atoms with Crippen molar-refractivity contribution < 1.29 is 0 Å². The predicted octanol–water partition coefficient (Wildman–Crippen LogP) is 3.49. The van der Waals surface area contributed by atoms with E-state index in [9.17, 15) is 5.26 Å². The number of nitriles is 1. The van der Waals surface area contributed by atoms with E-state index in [0.29, 0.717) is 0 Å². The molecule has 0 fully saturated rings. The first kappa shape index (κ1) is 11.6. The number of para-hydroxylation sites is 2. The van der Waals surface area contributed by atoms with E-state index in [2.05, 4.69) is 48.0 Å². The summed E-state index contributed by atoms with van der Waals surface area (Å²) in [7, 11) is 2.06. The van der Waals surface area contributed by atoms with Gasteiger partial charge in [0.05, 0.1) is 16.9 Å². The molecule has 1 atom stereocenters. The predicted molar refractivity (Wildman–Crippen MR) is 77.6 cm³/mol. The van der Waals surface area contributed by atoms with E-state index in [4.69, 9.17) is 0 Å². The summed E-state index contributed by atoms with van der Waals surface area (Å²) in [6.45, 7) is 2.15. The van der Waals surface area contributed by atoms with Crippen LogP contribution in [0.3, 0.4) is 0 Å². The molecular formula is C16H15N3. The Morgan fingerprint density at radius 2 is 1.79 bits per heavy atom. The normalized spacial score (nSPS) is 17.2. The van der Waals surface area contributed by atoms with Crippen LogP contribution in [0.5, 0.6) is 0 Å². The molecule has 0 spiro atoms. The van der Waals surface area contributed by atoms with Gasteiger partial charge in [-0.25, -0.2) is 0 Å². The Morgan fingerprint density at radius 3 is 2.47 bits per heavy atom. The van der Waals surface area contributed by atoms with Crippen LogP contribution >= 0.6 is 0 Å². The van der Waals surface area contributed by atoms with Gasteiger partial charge in [-0.05, 0) is 31.2 Å². The summed E-state index contributed by atoms with van der Waals surface area (Å²) in [5, 5.41) is 9.34. The maximum atomic E-state index is 9.34.